The molecule has 0 saturated heterocycles. The average Bonchev–Trinajstić information content (AvgIpc) is 2.63. The molecule has 0 aliphatic heterocycles. The van der Waals surface area contributed by atoms with Gasteiger partial charge in [0.25, 0.3) is 5.91 Å². The summed E-state index contributed by atoms with van der Waals surface area (Å²) in [5.41, 5.74) is -0.0315. The zero-order valence-corrected chi connectivity index (χ0v) is 15.6. The molecule has 0 fully saturated rings. The van der Waals surface area contributed by atoms with Crippen LogP contribution in [0.25, 0.3) is 10.8 Å². The van der Waals surface area contributed by atoms with Gasteiger partial charge in [-0.3, -0.25) is 4.79 Å². The number of benzene rings is 2. The number of carbonyl (C=O) groups is 2. The fraction of sp³-hybridized carbons (Fsp3) is 0.105. The van der Waals surface area contributed by atoms with Crippen LogP contribution in [0.2, 0.25) is 10.0 Å². The number of fused-ring (bicyclic) bond motifs is 1. The van der Waals surface area contributed by atoms with Crippen molar-refractivity contribution in [2.45, 2.75) is 13.0 Å². The van der Waals surface area contributed by atoms with E-state index in [-0.39, 0.29) is 22.2 Å². The molecule has 2 N–H and O–H groups in total. The van der Waals surface area contributed by atoms with Crippen molar-refractivity contribution in [3.8, 4) is 5.75 Å². The number of rotatable bonds is 4. The Bertz CT molecular complexity index is 1040. The molecule has 1 heterocycles. The first kappa shape index (κ1) is 18.9. The zero-order chi connectivity index (χ0) is 19.6. The second kappa shape index (κ2) is 7.82. The lowest BCUT2D eigenvalue weighted by molar-refractivity contribution is -0.123. The lowest BCUT2D eigenvalue weighted by atomic mass is 10.1. The molecule has 1 atom stereocenters. The van der Waals surface area contributed by atoms with E-state index in [9.17, 15) is 14.7 Å². The number of aromatic nitrogens is 1. The highest BCUT2D eigenvalue weighted by molar-refractivity contribution is 6.36. The summed E-state index contributed by atoms with van der Waals surface area (Å²) in [5.74, 6) is -1.58. The van der Waals surface area contributed by atoms with Crippen LogP contribution in [0, 0.1) is 0 Å². The normalized spacial score (nSPS) is 11.8. The number of halogens is 2. The van der Waals surface area contributed by atoms with Crippen LogP contribution >= 0.6 is 23.2 Å². The molecule has 0 spiro atoms. The number of hydrogen-bond acceptors (Lipinski definition) is 5. The van der Waals surface area contributed by atoms with Crippen LogP contribution in [0.15, 0.2) is 48.7 Å². The largest absolute Gasteiger partial charge is 0.507 e. The lowest BCUT2D eigenvalue weighted by Crippen LogP contribution is -2.30. The summed E-state index contributed by atoms with van der Waals surface area (Å²) in [7, 11) is 0. The number of amides is 1. The van der Waals surface area contributed by atoms with Gasteiger partial charge in [-0.25, -0.2) is 9.78 Å². The van der Waals surface area contributed by atoms with E-state index in [1.165, 1.54) is 31.3 Å². The monoisotopic (exact) mass is 404 g/mol. The molecule has 1 aromatic heterocycles. The van der Waals surface area contributed by atoms with Crippen LogP contribution in [-0.2, 0) is 9.53 Å². The van der Waals surface area contributed by atoms with Crippen LogP contribution < -0.4 is 5.32 Å². The second-order valence-corrected chi connectivity index (χ2v) is 6.58. The number of ether oxygens (including phenoxy) is 1. The maximum atomic E-state index is 12.4. The Morgan fingerprint density at radius 2 is 1.81 bits per heavy atom. The number of nitrogens with one attached hydrogen (secondary N) is 1. The number of nitrogens with zero attached hydrogens (tertiary/aromatic N) is 1. The number of hydrogen-bond donors (Lipinski definition) is 2. The van der Waals surface area contributed by atoms with Crippen molar-refractivity contribution in [2.75, 3.05) is 5.32 Å². The predicted molar refractivity (Wildman–Crippen MR) is 103 cm³/mol. The van der Waals surface area contributed by atoms with E-state index >= 15 is 0 Å². The van der Waals surface area contributed by atoms with Gasteiger partial charge in [-0.2, -0.15) is 0 Å². The van der Waals surface area contributed by atoms with Gasteiger partial charge >= 0.3 is 5.97 Å². The molecule has 0 unspecified atom stereocenters. The molecule has 8 heteroatoms. The first-order chi connectivity index (χ1) is 12.8. The molecule has 3 rings (SSSR count). The molecule has 0 bridgehead atoms. The number of anilines is 1. The number of esters is 1. The van der Waals surface area contributed by atoms with Crippen LogP contribution in [0.4, 0.5) is 5.82 Å². The summed E-state index contributed by atoms with van der Waals surface area (Å²) < 4.78 is 5.16. The van der Waals surface area contributed by atoms with Crippen molar-refractivity contribution >= 4 is 51.7 Å². The van der Waals surface area contributed by atoms with E-state index in [1.807, 2.05) is 18.2 Å². The minimum atomic E-state index is -1.14. The van der Waals surface area contributed by atoms with Gasteiger partial charge in [-0.1, -0.05) is 47.5 Å². The standard InChI is InChI=1S/C19H14Cl2N2O4/c1-10(18(25)23-17-15(21)8-13(20)9-22-17)27-19(26)14-6-11-4-2-3-5-12(11)7-16(14)24/h2-10,24H,1H3,(H,22,23,25)/t10-/m1/s1. The topological polar surface area (TPSA) is 88.5 Å². The molecular formula is C19H14Cl2N2O4. The minimum Gasteiger partial charge on any atom is -0.507 e. The Balaban J connectivity index is 1.73. The first-order valence-electron chi connectivity index (χ1n) is 7.90. The van der Waals surface area contributed by atoms with Crippen LogP contribution in [0.5, 0.6) is 5.75 Å². The van der Waals surface area contributed by atoms with Gasteiger partial charge in [0.2, 0.25) is 0 Å². The minimum absolute atomic E-state index is 0.0315. The Labute approximate surface area is 164 Å². The molecule has 0 saturated carbocycles. The van der Waals surface area contributed by atoms with Gasteiger partial charge < -0.3 is 15.2 Å². The third-order valence-electron chi connectivity index (χ3n) is 3.79. The van der Waals surface area contributed by atoms with Gasteiger partial charge in [0, 0.05) is 6.20 Å². The van der Waals surface area contributed by atoms with Gasteiger partial charge in [-0.15, -0.1) is 0 Å². The highest BCUT2D eigenvalue weighted by atomic mass is 35.5. The third kappa shape index (κ3) is 4.30. The van der Waals surface area contributed by atoms with Crippen LogP contribution in [0.3, 0.4) is 0 Å². The number of aromatic hydroxyl groups is 1. The zero-order valence-electron chi connectivity index (χ0n) is 14.1. The SMILES string of the molecule is C[C@@H](OC(=O)c1cc2ccccc2cc1O)C(=O)Nc1ncc(Cl)cc1Cl. The summed E-state index contributed by atoms with van der Waals surface area (Å²) >= 11 is 11.7. The summed E-state index contributed by atoms with van der Waals surface area (Å²) in [4.78, 5) is 28.5. The number of pyridine rings is 1. The van der Waals surface area contributed by atoms with E-state index in [4.69, 9.17) is 27.9 Å². The highest BCUT2D eigenvalue weighted by Crippen LogP contribution is 2.26. The smallest absolute Gasteiger partial charge is 0.342 e. The molecule has 27 heavy (non-hydrogen) atoms. The molecule has 3 aromatic rings. The Morgan fingerprint density at radius 1 is 1.15 bits per heavy atom. The maximum Gasteiger partial charge on any atom is 0.342 e. The molecule has 0 aliphatic rings. The maximum absolute atomic E-state index is 12.4. The van der Waals surface area contributed by atoms with E-state index in [0.29, 0.717) is 5.02 Å². The summed E-state index contributed by atoms with van der Waals surface area (Å²) in [6.07, 6.45) is 0.184. The van der Waals surface area contributed by atoms with Gasteiger partial charge in [0.15, 0.2) is 11.9 Å². The van der Waals surface area contributed by atoms with Crippen molar-refractivity contribution in [2.24, 2.45) is 0 Å². The van der Waals surface area contributed by atoms with Crippen LogP contribution in [0.1, 0.15) is 17.3 Å². The van der Waals surface area contributed by atoms with E-state index < -0.39 is 18.0 Å². The molecule has 138 valence electrons. The van der Waals surface area contributed by atoms with Crippen molar-refractivity contribution in [1.82, 2.24) is 4.98 Å². The first-order valence-corrected chi connectivity index (χ1v) is 8.65. The third-order valence-corrected chi connectivity index (χ3v) is 4.28. The lowest BCUT2D eigenvalue weighted by Gasteiger charge is -2.14. The van der Waals surface area contributed by atoms with Gasteiger partial charge in [0.1, 0.15) is 11.3 Å². The van der Waals surface area contributed by atoms with E-state index in [0.717, 1.165) is 10.8 Å². The van der Waals surface area contributed by atoms with Crippen molar-refractivity contribution < 1.29 is 19.4 Å². The fourth-order valence-corrected chi connectivity index (χ4v) is 2.82. The van der Waals surface area contributed by atoms with Crippen LogP contribution in [-0.4, -0.2) is 28.1 Å². The van der Waals surface area contributed by atoms with Gasteiger partial charge in [-0.05, 0) is 35.9 Å². The number of phenolic OH excluding ortho intramolecular Hbond substituents is 1. The number of phenols is 1. The second-order valence-electron chi connectivity index (χ2n) is 5.74. The summed E-state index contributed by atoms with van der Waals surface area (Å²) in [5, 5.41) is 14.6. The quantitative estimate of drug-likeness (QED) is 0.627. The molecule has 6 nitrogen and oxygen atoms in total. The molecular weight excluding hydrogens is 391 g/mol. The van der Waals surface area contributed by atoms with E-state index in [2.05, 4.69) is 10.3 Å². The Hall–Kier alpha value is -2.83. The molecule has 0 radical (unpaired) electrons. The Morgan fingerprint density at radius 3 is 2.48 bits per heavy atom. The molecule has 1 amide bonds. The summed E-state index contributed by atoms with van der Waals surface area (Å²) in [6, 6.07) is 11.6. The fourth-order valence-electron chi connectivity index (χ4n) is 2.39. The van der Waals surface area contributed by atoms with Crippen molar-refractivity contribution in [1.29, 1.82) is 0 Å². The van der Waals surface area contributed by atoms with Crippen molar-refractivity contribution in [3.05, 3.63) is 64.3 Å². The van der Waals surface area contributed by atoms with Crippen molar-refractivity contribution in [3.63, 3.8) is 0 Å². The Kier molecular flexibility index (Phi) is 5.48. The van der Waals surface area contributed by atoms with E-state index in [1.54, 1.807) is 6.07 Å². The predicted octanol–water partition coefficient (Wildman–Crippen LogP) is 4.43. The average molecular weight is 405 g/mol. The molecule has 2 aromatic carbocycles. The number of carbonyl (C=O) groups excluding carboxylic acids is 2. The highest BCUT2D eigenvalue weighted by Gasteiger charge is 2.22. The molecule has 0 aliphatic carbocycles. The van der Waals surface area contributed by atoms with Gasteiger partial charge in [0.05, 0.1) is 10.0 Å². The summed E-state index contributed by atoms with van der Waals surface area (Å²) in [6.45, 7) is 1.40.